The number of β-amino-alcohol motifs (C(OH)–C–C–N with tert-alkyl or cyclic N) is 1. The fourth-order valence-corrected chi connectivity index (χ4v) is 2.83. The Morgan fingerprint density at radius 2 is 2.00 bits per heavy atom. The largest absolute Gasteiger partial charge is 0.491 e. The zero-order chi connectivity index (χ0) is 18.6. The van der Waals surface area contributed by atoms with Gasteiger partial charge in [0.25, 0.3) is 5.91 Å². The number of imide groups is 1. The number of hydrogen-bond acceptors (Lipinski definition) is 5. The Bertz CT molecular complexity index is 669. The average molecular weight is 348 g/mol. The number of ketones is 1. The number of amides is 3. The van der Waals surface area contributed by atoms with Gasteiger partial charge in [-0.1, -0.05) is 26.0 Å². The second-order valence-electron chi connectivity index (χ2n) is 6.18. The van der Waals surface area contributed by atoms with Crippen molar-refractivity contribution in [2.45, 2.75) is 45.3 Å². The van der Waals surface area contributed by atoms with E-state index in [4.69, 9.17) is 4.74 Å². The summed E-state index contributed by atoms with van der Waals surface area (Å²) in [6, 6.07) is 6.13. The van der Waals surface area contributed by atoms with Gasteiger partial charge in [0.15, 0.2) is 5.78 Å². The van der Waals surface area contributed by atoms with Gasteiger partial charge >= 0.3 is 6.03 Å². The second kappa shape index (κ2) is 7.65. The number of urea groups is 1. The molecule has 0 aliphatic carbocycles. The Morgan fingerprint density at radius 1 is 1.32 bits per heavy atom. The number of rotatable bonds is 8. The van der Waals surface area contributed by atoms with E-state index < -0.39 is 17.7 Å². The molecule has 1 atom stereocenters. The summed E-state index contributed by atoms with van der Waals surface area (Å²) in [6.45, 7) is 4.90. The molecule has 1 saturated heterocycles. The van der Waals surface area contributed by atoms with E-state index in [0.29, 0.717) is 24.2 Å². The first-order chi connectivity index (χ1) is 11.8. The van der Waals surface area contributed by atoms with Crippen LogP contribution in [0.4, 0.5) is 4.79 Å². The Balaban J connectivity index is 1.95. The molecule has 0 radical (unpaired) electrons. The molecule has 0 bridgehead atoms. The number of aliphatic hydroxyl groups is 1. The molecule has 0 aromatic heterocycles. The Labute approximate surface area is 147 Å². The first kappa shape index (κ1) is 18.9. The number of hydrogen-bond donors (Lipinski definition) is 2. The van der Waals surface area contributed by atoms with Gasteiger partial charge < -0.3 is 15.2 Å². The summed E-state index contributed by atoms with van der Waals surface area (Å²) in [6.07, 6.45) is -0.0375. The zero-order valence-electron chi connectivity index (χ0n) is 14.7. The normalized spacial score (nSPS) is 17.4. The van der Waals surface area contributed by atoms with Crippen molar-refractivity contribution < 1.29 is 24.2 Å². The van der Waals surface area contributed by atoms with Crippen molar-refractivity contribution >= 4 is 17.7 Å². The lowest BCUT2D eigenvalue weighted by Crippen LogP contribution is -2.46. The Hall–Kier alpha value is -2.41. The molecule has 0 unspecified atom stereocenters. The molecule has 1 heterocycles. The fraction of sp³-hybridized carbons (Fsp3) is 0.500. The van der Waals surface area contributed by atoms with Crippen LogP contribution in [0.2, 0.25) is 0 Å². The molecule has 2 N–H and O–H groups in total. The van der Waals surface area contributed by atoms with E-state index in [0.717, 1.165) is 4.90 Å². The van der Waals surface area contributed by atoms with E-state index >= 15 is 0 Å². The maximum absolute atomic E-state index is 12.5. The number of benzene rings is 1. The molecule has 1 aliphatic heterocycles. The SMILES string of the molecule is CCC1(CC)NC(=O)N(C[C@@H](O)COc2cccc(C(C)=O)c2)C1=O. The van der Waals surface area contributed by atoms with Crippen molar-refractivity contribution in [2.75, 3.05) is 13.2 Å². The third-order valence-electron chi connectivity index (χ3n) is 4.53. The van der Waals surface area contributed by atoms with Crippen LogP contribution >= 0.6 is 0 Å². The molecule has 25 heavy (non-hydrogen) atoms. The smallest absolute Gasteiger partial charge is 0.325 e. The monoisotopic (exact) mass is 348 g/mol. The quantitative estimate of drug-likeness (QED) is 0.551. The third kappa shape index (κ3) is 3.99. The molecular formula is C18H24N2O5. The van der Waals surface area contributed by atoms with E-state index in [1.165, 1.54) is 6.92 Å². The third-order valence-corrected chi connectivity index (χ3v) is 4.53. The van der Waals surface area contributed by atoms with Crippen LogP contribution in [0.15, 0.2) is 24.3 Å². The van der Waals surface area contributed by atoms with Crippen molar-refractivity contribution in [1.29, 1.82) is 0 Å². The molecule has 136 valence electrons. The maximum Gasteiger partial charge on any atom is 0.325 e. The highest BCUT2D eigenvalue weighted by atomic mass is 16.5. The van der Waals surface area contributed by atoms with Crippen LogP contribution < -0.4 is 10.1 Å². The van der Waals surface area contributed by atoms with Crippen molar-refractivity contribution in [1.82, 2.24) is 10.2 Å². The van der Waals surface area contributed by atoms with Gasteiger partial charge in [-0.05, 0) is 31.9 Å². The van der Waals surface area contributed by atoms with E-state index in [-0.39, 0.29) is 24.8 Å². The fourth-order valence-electron chi connectivity index (χ4n) is 2.83. The molecular weight excluding hydrogens is 324 g/mol. The number of nitrogens with one attached hydrogen (secondary N) is 1. The topological polar surface area (TPSA) is 95.9 Å². The van der Waals surface area contributed by atoms with E-state index in [1.54, 1.807) is 24.3 Å². The van der Waals surface area contributed by atoms with Crippen molar-refractivity contribution in [3.63, 3.8) is 0 Å². The molecule has 1 aliphatic rings. The first-order valence-corrected chi connectivity index (χ1v) is 8.39. The summed E-state index contributed by atoms with van der Waals surface area (Å²) in [5.41, 5.74) is -0.371. The summed E-state index contributed by atoms with van der Waals surface area (Å²) >= 11 is 0. The highest BCUT2D eigenvalue weighted by Gasteiger charge is 2.48. The number of carbonyl (C=O) groups excluding carboxylic acids is 3. The molecule has 0 spiro atoms. The van der Waals surface area contributed by atoms with Gasteiger partial charge in [0, 0.05) is 5.56 Å². The van der Waals surface area contributed by atoms with E-state index in [2.05, 4.69) is 5.32 Å². The summed E-state index contributed by atoms with van der Waals surface area (Å²) in [7, 11) is 0. The van der Waals surface area contributed by atoms with E-state index in [9.17, 15) is 19.5 Å². The van der Waals surface area contributed by atoms with Crippen LogP contribution in [-0.4, -0.2) is 52.5 Å². The molecule has 7 nitrogen and oxygen atoms in total. The molecule has 2 rings (SSSR count). The van der Waals surface area contributed by atoms with Gasteiger partial charge in [-0.15, -0.1) is 0 Å². The number of ether oxygens (including phenoxy) is 1. The second-order valence-corrected chi connectivity index (χ2v) is 6.18. The van der Waals surface area contributed by atoms with Crippen molar-refractivity contribution in [2.24, 2.45) is 0 Å². The molecule has 7 heteroatoms. The predicted molar refractivity (Wildman–Crippen MR) is 91.5 cm³/mol. The summed E-state index contributed by atoms with van der Waals surface area (Å²) in [5.74, 6) is 0.0429. The summed E-state index contributed by atoms with van der Waals surface area (Å²) in [5, 5.41) is 12.8. The highest BCUT2D eigenvalue weighted by Crippen LogP contribution is 2.25. The number of Topliss-reactive ketones (excluding diaryl/α,β-unsaturated/α-hetero) is 1. The lowest BCUT2D eigenvalue weighted by molar-refractivity contribution is -0.132. The number of carbonyl (C=O) groups is 3. The van der Waals surface area contributed by atoms with Crippen LogP contribution in [0.25, 0.3) is 0 Å². The minimum Gasteiger partial charge on any atom is -0.491 e. The van der Waals surface area contributed by atoms with Crippen molar-refractivity contribution in [3.05, 3.63) is 29.8 Å². The maximum atomic E-state index is 12.5. The van der Waals surface area contributed by atoms with E-state index in [1.807, 2.05) is 13.8 Å². The molecule has 1 aromatic carbocycles. The van der Waals surface area contributed by atoms with Gasteiger partial charge in [-0.2, -0.15) is 0 Å². The highest BCUT2D eigenvalue weighted by molar-refractivity contribution is 6.07. The average Bonchev–Trinajstić information content (AvgIpc) is 2.85. The predicted octanol–water partition coefficient (Wildman–Crippen LogP) is 1.74. The van der Waals surface area contributed by atoms with Gasteiger partial charge in [0.2, 0.25) is 0 Å². The van der Waals surface area contributed by atoms with Crippen LogP contribution in [-0.2, 0) is 4.79 Å². The Morgan fingerprint density at radius 3 is 2.56 bits per heavy atom. The molecule has 0 saturated carbocycles. The summed E-state index contributed by atoms with van der Waals surface area (Å²) in [4.78, 5) is 36.9. The van der Waals surface area contributed by atoms with Crippen LogP contribution in [0.1, 0.15) is 44.0 Å². The number of aliphatic hydroxyl groups excluding tert-OH is 1. The van der Waals surface area contributed by atoms with Gasteiger partial charge in [-0.3, -0.25) is 14.5 Å². The molecule has 1 aromatic rings. The van der Waals surface area contributed by atoms with Crippen molar-refractivity contribution in [3.8, 4) is 5.75 Å². The van der Waals surface area contributed by atoms with Crippen LogP contribution in [0.5, 0.6) is 5.75 Å². The standard InChI is InChI=1S/C18H24N2O5/c1-4-18(5-2)16(23)20(17(24)19-18)10-14(22)11-25-15-8-6-7-13(9-15)12(3)21/h6-9,14,22H,4-5,10-11H2,1-3H3,(H,19,24)/t14-/m1/s1. The first-order valence-electron chi connectivity index (χ1n) is 8.39. The minimum absolute atomic E-state index is 0.0826. The van der Waals surface area contributed by atoms with Crippen LogP contribution in [0.3, 0.4) is 0 Å². The number of nitrogens with zero attached hydrogens (tertiary/aromatic N) is 1. The minimum atomic E-state index is -1.03. The lowest BCUT2D eigenvalue weighted by atomic mass is 9.93. The molecule has 1 fully saturated rings. The van der Waals surface area contributed by atoms with Crippen LogP contribution in [0, 0.1) is 0 Å². The molecule has 3 amide bonds. The zero-order valence-corrected chi connectivity index (χ0v) is 14.7. The lowest BCUT2D eigenvalue weighted by Gasteiger charge is -2.24. The van der Waals surface area contributed by atoms with Gasteiger partial charge in [0.05, 0.1) is 6.54 Å². The summed E-state index contributed by atoms with van der Waals surface area (Å²) < 4.78 is 5.47. The van der Waals surface area contributed by atoms with Gasteiger partial charge in [0.1, 0.15) is 24.0 Å². The Kier molecular flexibility index (Phi) is 5.79. The van der Waals surface area contributed by atoms with Gasteiger partial charge in [-0.25, -0.2) is 4.79 Å².